The molecule has 0 spiro atoms. The number of nitrogens with zero attached hydrogens (tertiary/aromatic N) is 1. The van der Waals surface area contributed by atoms with Crippen molar-refractivity contribution in [2.24, 2.45) is 0 Å². The van der Waals surface area contributed by atoms with Crippen LogP contribution in [0, 0.1) is 5.82 Å². The zero-order valence-electron chi connectivity index (χ0n) is 14.5. The van der Waals surface area contributed by atoms with Crippen LogP contribution in [0.3, 0.4) is 0 Å². The predicted octanol–water partition coefficient (Wildman–Crippen LogP) is 4.32. The maximum atomic E-state index is 14.2. The van der Waals surface area contributed by atoms with E-state index in [-0.39, 0.29) is 12.2 Å². The van der Waals surface area contributed by atoms with Crippen molar-refractivity contribution >= 4 is 28.9 Å². The van der Waals surface area contributed by atoms with Gasteiger partial charge in [0.15, 0.2) is 6.61 Å². The Bertz CT molecular complexity index is 897. The average molecular weight is 383 g/mol. The summed E-state index contributed by atoms with van der Waals surface area (Å²) in [5.74, 6) is -1.53. The van der Waals surface area contributed by atoms with Crippen LogP contribution in [0.2, 0.25) is 0 Å². The summed E-state index contributed by atoms with van der Waals surface area (Å²) < 4.78 is 19.3. The first-order chi connectivity index (χ1) is 13.1. The lowest BCUT2D eigenvalue weighted by atomic mass is 10.1. The molecule has 0 aliphatic carbocycles. The van der Waals surface area contributed by atoms with Gasteiger partial charge in [-0.15, -0.1) is 11.3 Å². The van der Waals surface area contributed by atoms with E-state index >= 15 is 0 Å². The SMILES string of the molecule is O=C(OCC(=O)N(CCc1ccccc1)c1ccccc1F)c1cccs1. The van der Waals surface area contributed by atoms with E-state index in [1.54, 1.807) is 35.7 Å². The molecule has 1 heterocycles. The second-order valence-electron chi connectivity index (χ2n) is 5.79. The van der Waals surface area contributed by atoms with Crippen molar-refractivity contribution in [3.8, 4) is 0 Å². The number of carbonyl (C=O) groups excluding carboxylic acids is 2. The molecule has 0 saturated heterocycles. The van der Waals surface area contributed by atoms with Gasteiger partial charge in [-0.3, -0.25) is 4.79 Å². The van der Waals surface area contributed by atoms with Crippen LogP contribution in [-0.4, -0.2) is 25.0 Å². The van der Waals surface area contributed by atoms with Gasteiger partial charge in [0.05, 0.1) is 5.69 Å². The summed E-state index contributed by atoms with van der Waals surface area (Å²) in [5.41, 5.74) is 1.20. The van der Waals surface area contributed by atoms with Crippen molar-refractivity contribution in [2.75, 3.05) is 18.1 Å². The molecule has 0 atom stereocenters. The Hall–Kier alpha value is -2.99. The van der Waals surface area contributed by atoms with Crippen molar-refractivity contribution in [1.29, 1.82) is 0 Å². The highest BCUT2D eigenvalue weighted by atomic mass is 32.1. The van der Waals surface area contributed by atoms with Gasteiger partial charge in [0.2, 0.25) is 0 Å². The third-order valence-electron chi connectivity index (χ3n) is 3.96. The minimum absolute atomic E-state index is 0.172. The third kappa shape index (κ3) is 5.01. The number of esters is 1. The molecule has 0 bridgehead atoms. The Morgan fingerprint density at radius 2 is 1.70 bits per heavy atom. The number of rotatable bonds is 7. The molecule has 2 aromatic carbocycles. The third-order valence-corrected chi connectivity index (χ3v) is 4.81. The van der Waals surface area contributed by atoms with Gasteiger partial charge in [-0.2, -0.15) is 0 Å². The molecule has 1 aromatic heterocycles. The van der Waals surface area contributed by atoms with Crippen LogP contribution in [0.25, 0.3) is 0 Å². The number of halogens is 1. The Labute approximate surface area is 160 Å². The largest absolute Gasteiger partial charge is 0.451 e. The molecule has 1 amide bonds. The van der Waals surface area contributed by atoms with E-state index in [2.05, 4.69) is 0 Å². The summed E-state index contributed by atoms with van der Waals surface area (Å²) in [6.45, 7) is -0.166. The summed E-state index contributed by atoms with van der Waals surface area (Å²) in [7, 11) is 0. The first-order valence-corrected chi connectivity index (χ1v) is 9.32. The van der Waals surface area contributed by atoms with E-state index in [1.807, 2.05) is 30.3 Å². The second kappa shape index (κ2) is 9.09. The number of hydrogen-bond donors (Lipinski definition) is 0. The Morgan fingerprint density at radius 1 is 0.963 bits per heavy atom. The van der Waals surface area contributed by atoms with Crippen molar-refractivity contribution in [2.45, 2.75) is 6.42 Å². The predicted molar refractivity (Wildman–Crippen MR) is 104 cm³/mol. The lowest BCUT2D eigenvalue weighted by Crippen LogP contribution is -2.37. The number of para-hydroxylation sites is 1. The summed E-state index contributed by atoms with van der Waals surface area (Å²) in [6, 6.07) is 19.1. The molecule has 0 saturated carbocycles. The van der Waals surface area contributed by atoms with Gasteiger partial charge in [0.1, 0.15) is 10.7 Å². The molecular weight excluding hydrogens is 365 g/mol. The maximum Gasteiger partial charge on any atom is 0.348 e. The second-order valence-corrected chi connectivity index (χ2v) is 6.73. The lowest BCUT2D eigenvalue weighted by Gasteiger charge is -2.23. The standard InChI is InChI=1S/C21H18FNO3S/c22-17-9-4-5-10-18(17)23(13-12-16-7-2-1-3-8-16)20(24)15-26-21(25)19-11-6-14-27-19/h1-11,14H,12-13,15H2. The normalized spacial score (nSPS) is 10.4. The lowest BCUT2D eigenvalue weighted by molar-refractivity contribution is -0.121. The minimum Gasteiger partial charge on any atom is -0.451 e. The first-order valence-electron chi connectivity index (χ1n) is 8.44. The monoisotopic (exact) mass is 383 g/mol. The summed E-state index contributed by atoms with van der Waals surface area (Å²) in [6.07, 6.45) is 0.555. The summed E-state index contributed by atoms with van der Waals surface area (Å²) in [5, 5.41) is 1.75. The van der Waals surface area contributed by atoms with Crippen molar-refractivity contribution in [1.82, 2.24) is 0 Å². The Balaban J connectivity index is 1.71. The van der Waals surface area contributed by atoms with E-state index < -0.39 is 24.3 Å². The molecule has 0 aliphatic rings. The molecule has 0 unspecified atom stereocenters. The van der Waals surface area contributed by atoms with Crippen LogP contribution in [-0.2, 0) is 16.0 Å². The maximum absolute atomic E-state index is 14.2. The molecular formula is C21H18FNO3S. The van der Waals surface area contributed by atoms with Crippen LogP contribution in [0.5, 0.6) is 0 Å². The Morgan fingerprint density at radius 3 is 2.41 bits per heavy atom. The van der Waals surface area contributed by atoms with Crippen LogP contribution in [0.15, 0.2) is 72.1 Å². The average Bonchev–Trinajstić information content (AvgIpc) is 3.23. The number of ether oxygens (including phenoxy) is 1. The van der Waals surface area contributed by atoms with E-state index in [0.29, 0.717) is 11.3 Å². The molecule has 3 rings (SSSR count). The van der Waals surface area contributed by atoms with Crippen LogP contribution in [0.4, 0.5) is 10.1 Å². The van der Waals surface area contributed by atoms with Gasteiger partial charge in [-0.25, -0.2) is 9.18 Å². The van der Waals surface area contributed by atoms with Gasteiger partial charge in [-0.1, -0.05) is 48.5 Å². The molecule has 4 nitrogen and oxygen atoms in total. The number of benzene rings is 2. The summed E-state index contributed by atoms with van der Waals surface area (Å²) in [4.78, 5) is 26.4. The topological polar surface area (TPSA) is 46.6 Å². The number of amides is 1. The van der Waals surface area contributed by atoms with Gasteiger partial charge in [0, 0.05) is 6.54 Å². The van der Waals surface area contributed by atoms with Crippen LogP contribution >= 0.6 is 11.3 Å². The van der Waals surface area contributed by atoms with Crippen LogP contribution < -0.4 is 4.90 Å². The van der Waals surface area contributed by atoms with E-state index in [4.69, 9.17) is 4.74 Å². The molecule has 0 N–H and O–H groups in total. The minimum atomic E-state index is -0.560. The fraction of sp³-hybridized carbons (Fsp3) is 0.143. The van der Waals surface area contributed by atoms with Crippen LogP contribution in [0.1, 0.15) is 15.2 Å². The number of hydrogen-bond acceptors (Lipinski definition) is 4. The number of carbonyl (C=O) groups is 2. The fourth-order valence-electron chi connectivity index (χ4n) is 2.61. The molecule has 6 heteroatoms. The smallest absolute Gasteiger partial charge is 0.348 e. The van der Waals surface area contributed by atoms with E-state index in [9.17, 15) is 14.0 Å². The zero-order chi connectivity index (χ0) is 19.1. The van der Waals surface area contributed by atoms with E-state index in [1.165, 1.54) is 22.3 Å². The molecule has 0 radical (unpaired) electrons. The highest BCUT2D eigenvalue weighted by Crippen LogP contribution is 2.20. The Kier molecular flexibility index (Phi) is 6.33. The van der Waals surface area contributed by atoms with Gasteiger partial charge < -0.3 is 9.64 Å². The highest BCUT2D eigenvalue weighted by Gasteiger charge is 2.21. The summed E-state index contributed by atoms with van der Waals surface area (Å²) >= 11 is 1.24. The molecule has 0 fully saturated rings. The van der Waals surface area contributed by atoms with Crippen molar-refractivity contribution in [3.05, 3.63) is 88.4 Å². The first kappa shape index (κ1) is 18.8. The quantitative estimate of drug-likeness (QED) is 0.571. The van der Waals surface area contributed by atoms with Crippen molar-refractivity contribution in [3.63, 3.8) is 0 Å². The van der Waals surface area contributed by atoms with Gasteiger partial charge in [0.25, 0.3) is 5.91 Å². The molecule has 27 heavy (non-hydrogen) atoms. The molecule has 3 aromatic rings. The van der Waals surface area contributed by atoms with Gasteiger partial charge in [-0.05, 0) is 35.6 Å². The molecule has 138 valence electrons. The molecule has 0 aliphatic heterocycles. The number of anilines is 1. The number of thiophene rings is 1. The van der Waals surface area contributed by atoms with Gasteiger partial charge >= 0.3 is 5.97 Å². The zero-order valence-corrected chi connectivity index (χ0v) is 15.3. The van der Waals surface area contributed by atoms with E-state index in [0.717, 1.165) is 5.56 Å². The highest BCUT2D eigenvalue weighted by molar-refractivity contribution is 7.11. The van der Waals surface area contributed by atoms with Crippen molar-refractivity contribution < 1.29 is 18.7 Å². The fourth-order valence-corrected chi connectivity index (χ4v) is 3.22.